The molecule has 4 heterocycles. The minimum Gasteiger partial charge on any atom is -0.486 e. The second-order valence-electron chi connectivity index (χ2n) is 6.81. The molecule has 2 aliphatic rings. The van der Waals surface area contributed by atoms with Crippen LogP contribution in [0.25, 0.3) is 4.96 Å². The zero-order valence-corrected chi connectivity index (χ0v) is 15.6. The molecule has 1 amide bonds. The number of fused-ring (bicyclic) bond motifs is 2. The van der Waals surface area contributed by atoms with Crippen LogP contribution in [-0.4, -0.2) is 52.5 Å². The predicted octanol–water partition coefficient (Wildman–Crippen LogP) is 2.88. The average molecular weight is 384 g/mol. The van der Waals surface area contributed by atoms with E-state index in [-0.39, 0.29) is 11.9 Å². The van der Waals surface area contributed by atoms with E-state index in [1.165, 1.54) is 11.3 Å². The molecule has 27 heavy (non-hydrogen) atoms. The Kier molecular flexibility index (Phi) is 4.12. The summed E-state index contributed by atoms with van der Waals surface area (Å²) in [6.07, 6.45) is 5.73. The highest BCUT2D eigenvalue weighted by Gasteiger charge is 2.26. The molecule has 0 saturated carbocycles. The van der Waals surface area contributed by atoms with Gasteiger partial charge < -0.3 is 19.7 Å². The summed E-state index contributed by atoms with van der Waals surface area (Å²) in [7, 11) is 0. The summed E-state index contributed by atoms with van der Waals surface area (Å²) < 4.78 is 13.1. The van der Waals surface area contributed by atoms with Gasteiger partial charge in [-0.1, -0.05) is 0 Å². The molecule has 1 saturated heterocycles. The fraction of sp³-hybridized carbons (Fsp3) is 0.368. The number of thiazole rings is 1. The number of hydrogen-bond donors (Lipinski definition) is 1. The first-order valence-electron chi connectivity index (χ1n) is 9.14. The van der Waals surface area contributed by atoms with E-state index in [1.807, 2.05) is 45.3 Å². The maximum atomic E-state index is 12.8. The number of hydrogen-bond acceptors (Lipinski definition) is 6. The van der Waals surface area contributed by atoms with E-state index in [9.17, 15) is 4.79 Å². The van der Waals surface area contributed by atoms with Crippen LogP contribution in [0.5, 0.6) is 11.5 Å². The van der Waals surface area contributed by atoms with Crippen molar-refractivity contribution in [3.63, 3.8) is 0 Å². The third-order valence-electron chi connectivity index (χ3n) is 4.93. The van der Waals surface area contributed by atoms with E-state index in [4.69, 9.17) is 9.47 Å². The summed E-state index contributed by atoms with van der Waals surface area (Å²) in [6.45, 7) is 2.59. The Hall–Kier alpha value is -2.74. The minimum absolute atomic E-state index is 0.000394. The van der Waals surface area contributed by atoms with E-state index in [2.05, 4.69) is 10.3 Å². The Morgan fingerprint density at radius 1 is 1.26 bits per heavy atom. The average Bonchev–Trinajstić information content (AvgIpc) is 3.30. The molecule has 7 nitrogen and oxygen atoms in total. The summed E-state index contributed by atoms with van der Waals surface area (Å²) in [4.78, 5) is 20.0. The Bertz CT molecular complexity index is 954. The molecule has 0 radical (unpaired) electrons. The first kappa shape index (κ1) is 16.4. The molecule has 2 aliphatic heterocycles. The van der Waals surface area contributed by atoms with Crippen LogP contribution >= 0.6 is 11.3 Å². The quantitative estimate of drug-likeness (QED) is 0.752. The molecular formula is C19H20N4O3S. The zero-order valence-electron chi connectivity index (χ0n) is 14.8. The Labute approximate surface area is 160 Å². The fourth-order valence-corrected chi connectivity index (χ4v) is 4.34. The number of carbonyl (C=O) groups excluding carboxylic acids is 1. The third-order valence-corrected chi connectivity index (χ3v) is 5.70. The lowest BCUT2D eigenvalue weighted by molar-refractivity contribution is 0.0709. The van der Waals surface area contributed by atoms with Gasteiger partial charge in [0.2, 0.25) is 0 Å². The molecule has 140 valence electrons. The van der Waals surface area contributed by atoms with Gasteiger partial charge in [-0.2, -0.15) is 0 Å². The number of aromatic nitrogens is 2. The predicted molar refractivity (Wildman–Crippen MR) is 103 cm³/mol. The number of nitrogens with zero attached hydrogens (tertiary/aromatic N) is 3. The monoisotopic (exact) mass is 384 g/mol. The molecule has 0 aliphatic carbocycles. The lowest BCUT2D eigenvalue weighted by atomic mass is 10.0. The molecule has 0 bridgehead atoms. The normalized spacial score (nSPS) is 19.3. The lowest BCUT2D eigenvalue weighted by Gasteiger charge is -2.33. The van der Waals surface area contributed by atoms with Gasteiger partial charge >= 0.3 is 0 Å². The molecular weight excluding hydrogens is 364 g/mol. The van der Waals surface area contributed by atoms with Crippen molar-refractivity contribution in [2.24, 2.45) is 0 Å². The second kappa shape index (κ2) is 6.77. The Morgan fingerprint density at radius 2 is 2.15 bits per heavy atom. The van der Waals surface area contributed by atoms with Gasteiger partial charge in [0, 0.05) is 48.7 Å². The van der Waals surface area contributed by atoms with Crippen molar-refractivity contribution in [1.29, 1.82) is 0 Å². The van der Waals surface area contributed by atoms with Crippen molar-refractivity contribution in [3.8, 4) is 11.5 Å². The van der Waals surface area contributed by atoms with Crippen molar-refractivity contribution >= 4 is 27.9 Å². The Balaban J connectivity index is 1.28. The van der Waals surface area contributed by atoms with E-state index < -0.39 is 0 Å². The molecule has 8 heteroatoms. The van der Waals surface area contributed by atoms with Crippen molar-refractivity contribution in [2.45, 2.75) is 18.9 Å². The first-order valence-corrected chi connectivity index (χ1v) is 10.0. The molecule has 2 aromatic heterocycles. The van der Waals surface area contributed by atoms with E-state index in [0.29, 0.717) is 25.5 Å². The topological polar surface area (TPSA) is 68.1 Å². The van der Waals surface area contributed by atoms with Gasteiger partial charge in [0.05, 0.1) is 0 Å². The second-order valence-corrected chi connectivity index (χ2v) is 7.69. The van der Waals surface area contributed by atoms with Crippen molar-refractivity contribution in [2.75, 3.05) is 31.6 Å². The summed E-state index contributed by atoms with van der Waals surface area (Å²) >= 11 is 1.53. The number of likely N-dealkylation sites (tertiary alicyclic amines) is 1. The highest BCUT2D eigenvalue weighted by molar-refractivity contribution is 7.15. The van der Waals surface area contributed by atoms with Crippen molar-refractivity contribution < 1.29 is 14.3 Å². The summed E-state index contributed by atoms with van der Waals surface area (Å²) in [5.74, 6) is 1.56. The molecule has 3 aromatic rings. The standard InChI is InChI=1S/C19H20N4O3S/c24-18(15-12-23-6-9-27-19(23)21-15)22-5-1-2-14(11-22)20-13-3-4-16-17(10-13)26-8-7-25-16/h3-4,6,9-10,12,14,20H,1-2,5,7-8,11H2. The molecule has 1 unspecified atom stereocenters. The van der Waals surface area contributed by atoms with E-state index in [1.54, 1.807) is 0 Å². The van der Waals surface area contributed by atoms with Crippen LogP contribution in [0.1, 0.15) is 23.3 Å². The maximum Gasteiger partial charge on any atom is 0.274 e. The fourth-order valence-electron chi connectivity index (χ4n) is 3.64. The molecule has 1 fully saturated rings. The van der Waals surface area contributed by atoms with Crippen LogP contribution in [0.3, 0.4) is 0 Å². The smallest absolute Gasteiger partial charge is 0.274 e. The van der Waals surface area contributed by atoms with Gasteiger partial charge in [-0.15, -0.1) is 11.3 Å². The van der Waals surface area contributed by atoms with Crippen LogP contribution in [-0.2, 0) is 0 Å². The van der Waals surface area contributed by atoms with Crippen LogP contribution in [0.4, 0.5) is 5.69 Å². The van der Waals surface area contributed by atoms with Crippen LogP contribution in [0, 0.1) is 0 Å². The molecule has 0 spiro atoms. The molecule has 1 atom stereocenters. The number of benzene rings is 1. The minimum atomic E-state index is -0.000394. The number of rotatable bonds is 3. The number of imidazole rings is 1. The van der Waals surface area contributed by atoms with Crippen molar-refractivity contribution in [3.05, 3.63) is 41.7 Å². The van der Waals surface area contributed by atoms with E-state index >= 15 is 0 Å². The van der Waals surface area contributed by atoms with Gasteiger partial charge in [0.25, 0.3) is 5.91 Å². The van der Waals surface area contributed by atoms with Crippen molar-refractivity contribution in [1.82, 2.24) is 14.3 Å². The molecule has 1 N–H and O–H groups in total. The highest BCUT2D eigenvalue weighted by atomic mass is 32.1. The number of anilines is 1. The molecule has 5 rings (SSSR count). The van der Waals surface area contributed by atoms with Gasteiger partial charge in [-0.3, -0.25) is 9.20 Å². The number of ether oxygens (including phenoxy) is 2. The van der Waals surface area contributed by atoms with Gasteiger partial charge in [0.15, 0.2) is 16.5 Å². The van der Waals surface area contributed by atoms with Gasteiger partial charge in [-0.25, -0.2) is 4.98 Å². The molecule has 1 aromatic carbocycles. The lowest BCUT2D eigenvalue weighted by Crippen LogP contribution is -2.45. The SMILES string of the molecule is O=C(c1cn2ccsc2n1)N1CCCC(Nc2ccc3c(c2)OCCO3)C1. The number of carbonyl (C=O) groups is 1. The highest BCUT2D eigenvalue weighted by Crippen LogP contribution is 2.33. The third kappa shape index (κ3) is 3.21. The number of piperidine rings is 1. The zero-order chi connectivity index (χ0) is 18.2. The number of amides is 1. The van der Waals surface area contributed by atoms with Gasteiger partial charge in [0.1, 0.15) is 18.9 Å². The van der Waals surface area contributed by atoms with Gasteiger partial charge in [-0.05, 0) is 25.0 Å². The summed E-state index contributed by atoms with van der Waals surface area (Å²) in [6, 6.07) is 6.10. The largest absolute Gasteiger partial charge is 0.486 e. The first-order chi connectivity index (χ1) is 13.3. The van der Waals surface area contributed by atoms with E-state index in [0.717, 1.165) is 41.5 Å². The Morgan fingerprint density at radius 3 is 3.04 bits per heavy atom. The van der Waals surface area contributed by atoms with Crippen LogP contribution in [0.15, 0.2) is 36.0 Å². The summed E-state index contributed by atoms with van der Waals surface area (Å²) in [5, 5.41) is 5.50. The maximum absolute atomic E-state index is 12.8. The van der Waals surface area contributed by atoms with Crippen LogP contribution in [0.2, 0.25) is 0 Å². The number of nitrogens with one attached hydrogen (secondary N) is 1. The summed E-state index contributed by atoms with van der Waals surface area (Å²) in [5.41, 5.74) is 1.50. The van der Waals surface area contributed by atoms with Crippen LogP contribution < -0.4 is 14.8 Å².